The van der Waals surface area contributed by atoms with Gasteiger partial charge >= 0.3 is 0 Å². The molecule has 1 aromatic heterocycles. The number of hydrogen-bond donors (Lipinski definition) is 0. The minimum atomic E-state index is -0.324. The van der Waals surface area contributed by atoms with Crippen LogP contribution in [0, 0.1) is 6.92 Å². The van der Waals surface area contributed by atoms with Crippen molar-refractivity contribution in [2.75, 3.05) is 0 Å². The number of aryl methyl sites for hydroxylation is 1. The molecule has 0 bridgehead atoms. The third-order valence-corrected chi connectivity index (χ3v) is 6.19. The van der Waals surface area contributed by atoms with E-state index in [0.29, 0.717) is 15.0 Å². The molecule has 3 heterocycles. The van der Waals surface area contributed by atoms with Gasteiger partial charge in [0.05, 0.1) is 17.2 Å². The second-order valence-corrected chi connectivity index (χ2v) is 8.28. The summed E-state index contributed by atoms with van der Waals surface area (Å²) in [7, 11) is 0. The number of rotatable bonds is 2. The third-order valence-electron chi connectivity index (χ3n) is 4.86. The Bertz CT molecular complexity index is 1130. The van der Waals surface area contributed by atoms with Crippen molar-refractivity contribution in [1.29, 1.82) is 0 Å². The number of fused-ring (bicyclic) bond motifs is 2. The zero-order chi connectivity index (χ0) is 19.3. The molecule has 1 fully saturated rings. The lowest BCUT2D eigenvalue weighted by Crippen LogP contribution is -2.35. The first-order valence-corrected chi connectivity index (χ1v) is 10.0. The number of carbonyl (C=O) groups excluding carboxylic acids is 1. The van der Waals surface area contributed by atoms with Crippen LogP contribution < -0.4 is 4.74 Å². The Morgan fingerprint density at radius 1 is 1.07 bits per heavy atom. The van der Waals surface area contributed by atoms with E-state index in [9.17, 15) is 4.79 Å². The highest BCUT2D eigenvalue weighted by molar-refractivity contribution is 8.26. The van der Waals surface area contributed by atoms with Crippen LogP contribution >= 0.6 is 24.0 Å². The lowest BCUT2D eigenvalue weighted by atomic mass is 9.92. The van der Waals surface area contributed by atoms with Gasteiger partial charge in [0.1, 0.15) is 21.6 Å². The van der Waals surface area contributed by atoms with E-state index in [1.165, 1.54) is 11.8 Å². The van der Waals surface area contributed by atoms with Gasteiger partial charge in [0, 0.05) is 17.2 Å². The van der Waals surface area contributed by atoms with Gasteiger partial charge in [-0.15, -0.1) is 0 Å². The van der Waals surface area contributed by atoms with Gasteiger partial charge in [-0.3, -0.25) is 9.69 Å². The van der Waals surface area contributed by atoms with Crippen LogP contribution in [0.1, 0.15) is 28.5 Å². The van der Waals surface area contributed by atoms with E-state index >= 15 is 0 Å². The molecule has 1 unspecified atom stereocenters. The Morgan fingerprint density at radius 3 is 2.71 bits per heavy atom. The Labute approximate surface area is 171 Å². The summed E-state index contributed by atoms with van der Waals surface area (Å²) < 4.78 is 12.1. The van der Waals surface area contributed by atoms with E-state index in [0.717, 1.165) is 28.2 Å². The molecule has 0 radical (unpaired) electrons. The fourth-order valence-corrected chi connectivity index (χ4v) is 4.88. The smallest absolute Gasteiger partial charge is 0.267 e. The van der Waals surface area contributed by atoms with Crippen LogP contribution in [0.2, 0.25) is 0 Å². The summed E-state index contributed by atoms with van der Waals surface area (Å²) in [4.78, 5) is 15.6. The first-order chi connectivity index (χ1) is 13.6. The van der Waals surface area contributed by atoms with Gasteiger partial charge in [0.25, 0.3) is 5.91 Å². The number of nitrogens with zero attached hydrogens (tertiary/aromatic N) is 1. The highest BCUT2D eigenvalue weighted by Gasteiger charge is 2.42. The van der Waals surface area contributed by atoms with Crippen molar-refractivity contribution in [3.05, 3.63) is 88.2 Å². The van der Waals surface area contributed by atoms with Crippen molar-refractivity contribution in [2.24, 2.45) is 0 Å². The second-order valence-electron chi connectivity index (χ2n) is 6.60. The summed E-state index contributed by atoms with van der Waals surface area (Å²) in [6.07, 6.45) is 3.32. The monoisotopic (exact) mass is 405 g/mol. The molecule has 0 saturated carbocycles. The van der Waals surface area contributed by atoms with Gasteiger partial charge in [-0.1, -0.05) is 60.4 Å². The Kier molecular flexibility index (Phi) is 4.10. The fraction of sp³-hybridized carbons (Fsp3) is 0.0909. The maximum Gasteiger partial charge on any atom is 0.267 e. The molecule has 1 amide bonds. The molecule has 28 heavy (non-hydrogen) atoms. The van der Waals surface area contributed by atoms with Gasteiger partial charge in [-0.05, 0) is 30.7 Å². The summed E-state index contributed by atoms with van der Waals surface area (Å²) >= 11 is 6.91. The van der Waals surface area contributed by atoms with Crippen LogP contribution in [-0.2, 0) is 4.79 Å². The first-order valence-electron chi connectivity index (χ1n) is 8.80. The number of furan rings is 1. The summed E-state index contributed by atoms with van der Waals surface area (Å²) in [5.74, 6) is 2.04. The molecule has 1 saturated heterocycles. The molecule has 0 spiro atoms. The number of para-hydroxylation sites is 2. The average Bonchev–Trinajstić information content (AvgIpc) is 3.30. The number of thiocarbonyl (C=S) groups is 1. The predicted molar refractivity (Wildman–Crippen MR) is 113 cm³/mol. The van der Waals surface area contributed by atoms with E-state index in [1.807, 2.05) is 55.5 Å². The number of ether oxygens (including phenoxy) is 1. The number of amides is 1. The molecule has 2 aromatic carbocycles. The van der Waals surface area contributed by atoms with Crippen molar-refractivity contribution in [1.82, 2.24) is 4.90 Å². The van der Waals surface area contributed by atoms with E-state index in [2.05, 4.69) is 0 Å². The van der Waals surface area contributed by atoms with Crippen LogP contribution in [0.25, 0.3) is 6.08 Å². The maximum atomic E-state index is 13.3. The lowest BCUT2D eigenvalue weighted by molar-refractivity contribution is -0.123. The van der Waals surface area contributed by atoms with Crippen LogP contribution in [0.3, 0.4) is 0 Å². The molecule has 6 heteroatoms. The van der Waals surface area contributed by atoms with Crippen LogP contribution in [0.4, 0.5) is 0 Å². The number of thioether (sulfide) groups is 1. The van der Waals surface area contributed by atoms with Crippen LogP contribution in [-0.4, -0.2) is 15.1 Å². The van der Waals surface area contributed by atoms with Crippen molar-refractivity contribution in [3.8, 4) is 11.5 Å². The van der Waals surface area contributed by atoms with E-state index in [4.69, 9.17) is 21.4 Å². The van der Waals surface area contributed by atoms with Crippen molar-refractivity contribution in [3.63, 3.8) is 0 Å². The molecule has 138 valence electrons. The van der Waals surface area contributed by atoms with Gasteiger partial charge in [-0.2, -0.15) is 0 Å². The quantitative estimate of drug-likeness (QED) is 0.405. The molecular formula is C22H15NO3S2. The summed E-state index contributed by atoms with van der Waals surface area (Å²) in [5.41, 5.74) is 2.89. The first kappa shape index (κ1) is 17.3. The Hall–Kier alpha value is -2.83. The summed E-state index contributed by atoms with van der Waals surface area (Å²) in [5, 5.41) is 0. The highest BCUT2D eigenvalue weighted by Crippen LogP contribution is 2.50. The Morgan fingerprint density at radius 2 is 1.89 bits per heavy atom. The lowest BCUT2D eigenvalue weighted by Gasteiger charge is -2.34. The Balaban J connectivity index is 1.64. The zero-order valence-corrected chi connectivity index (χ0v) is 16.5. The van der Waals surface area contributed by atoms with Gasteiger partial charge in [0.15, 0.2) is 0 Å². The van der Waals surface area contributed by atoms with Crippen molar-refractivity contribution in [2.45, 2.75) is 13.0 Å². The SMILES string of the molecule is Cc1cccc2c1Oc1ccccc1C2N1C(=O)C(=Cc2ccco2)SC1=S. The number of hydrogen-bond acceptors (Lipinski definition) is 5. The minimum absolute atomic E-state index is 0.124. The molecule has 3 aromatic rings. The zero-order valence-electron chi connectivity index (χ0n) is 14.9. The molecule has 2 aliphatic heterocycles. The molecule has 4 nitrogen and oxygen atoms in total. The summed E-state index contributed by atoms with van der Waals surface area (Å²) in [6, 6.07) is 17.1. The molecular weight excluding hydrogens is 390 g/mol. The van der Waals surface area contributed by atoms with E-state index in [1.54, 1.807) is 23.3 Å². The summed E-state index contributed by atoms with van der Waals surface area (Å²) in [6.45, 7) is 2.00. The van der Waals surface area contributed by atoms with Gasteiger partial charge in [-0.25, -0.2) is 0 Å². The normalized spacial score (nSPS) is 19.5. The molecule has 1 atom stereocenters. The van der Waals surface area contributed by atoms with Crippen LogP contribution in [0.5, 0.6) is 11.5 Å². The minimum Gasteiger partial charge on any atom is -0.465 e. The standard InChI is InChI=1S/C22H15NO3S2/c1-13-6-4-9-16-19(15-8-2-3-10-17(15)26-20(13)16)23-21(24)18(28-22(23)27)12-14-7-5-11-25-14/h2-12,19H,1H3. The maximum absolute atomic E-state index is 13.3. The largest absolute Gasteiger partial charge is 0.465 e. The topological polar surface area (TPSA) is 42.7 Å². The van der Waals surface area contributed by atoms with Gasteiger partial charge in [0.2, 0.25) is 0 Å². The molecule has 2 aliphatic rings. The number of carbonyl (C=O) groups is 1. The third kappa shape index (κ3) is 2.68. The van der Waals surface area contributed by atoms with E-state index in [-0.39, 0.29) is 11.9 Å². The average molecular weight is 406 g/mol. The highest BCUT2D eigenvalue weighted by atomic mass is 32.2. The second kappa shape index (κ2) is 6.65. The molecule has 5 rings (SSSR count). The molecule has 0 N–H and O–H groups in total. The van der Waals surface area contributed by atoms with Crippen LogP contribution in [0.15, 0.2) is 70.2 Å². The van der Waals surface area contributed by atoms with Gasteiger partial charge < -0.3 is 9.15 Å². The van der Waals surface area contributed by atoms with Crippen molar-refractivity contribution < 1.29 is 13.9 Å². The predicted octanol–water partition coefficient (Wildman–Crippen LogP) is 5.68. The molecule has 0 aliphatic carbocycles. The fourth-order valence-electron chi connectivity index (χ4n) is 3.59. The van der Waals surface area contributed by atoms with E-state index < -0.39 is 0 Å². The number of benzene rings is 2. The van der Waals surface area contributed by atoms with Crippen molar-refractivity contribution >= 4 is 40.3 Å².